The van der Waals surface area contributed by atoms with Crippen LogP contribution in [-0.2, 0) is 14.3 Å². The Morgan fingerprint density at radius 3 is 2.88 bits per heavy atom. The van der Waals surface area contributed by atoms with Crippen molar-refractivity contribution in [2.75, 3.05) is 40.0 Å². The Kier molecular flexibility index (Phi) is 4.54. The maximum Gasteiger partial charge on any atom is 0.129 e. The maximum absolute atomic E-state index is 11.2. The molecule has 0 aromatic carbocycles. The van der Waals surface area contributed by atoms with E-state index >= 15 is 0 Å². The van der Waals surface area contributed by atoms with Gasteiger partial charge >= 0.3 is 0 Å². The summed E-state index contributed by atoms with van der Waals surface area (Å²) in [5.41, 5.74) is -0.274. The van der Waals surface area contributed by atoms with Crippen molar-refractivity contribution < 1.29 is 14.3 Å². The molecular weight excluding hydrogens is 218 g/mol. The average Bonchev–Trinajstić information content (AvgIpc) is 2.79. The van der Waals surface area contributed by atoms with Gasteiger partial charge in [-0.2, -0.15) is 0 Å². The van der Waals surface area contributed by atoms with Gasteiger partial charge in [-0.3, -0.25) is 0 Å². The van der Waals surface area contributed by atoms with E-state index < -0.39 is 0 Å². The molecule has 0 radical (unpaired) electrons. The van der Waals surface area contributed by atoms with Crippen LogP contribution < -0.4 is 0 Å². The minimum absolute atomic E-state index is 0.274. The fraction of sp³-hybridized carbons (Fsp3) is 0.923. The monoisotopic (exact) mass is 241 g/mol. The number of ether oxygens (including phenoxy) is 2. The molecule has 0 aliphatic carbocycles. The van der Waals surface area contributed by atoms with Gasteiger partial charge in [-0.25, -0.2) is 0 Å². The predicted octanol–water partition coefficient (Wildman–Crippen LogP) is 1.09. The van der Waals surface area contributed by atoms with Gasteiger partial charge in [0.05, 0.1) is 18.1 Å². The van der Waals surface area contributed by atoms with Gasteiger partial charge in [-0.15, -0.1) is 0 Å². The Morgan fingerprint density at radius 1 is 1.41 bits per heavy atom. The highest BCUT2D eigenvalue weighted by atomic mass is 16.5. The van der Waals surface area contributed by atoms with Crippen LogP contribution in [-0.4, -0.2) is 57.2 Å². The largest absolute Gasteiger partial charge is 0.380 e. The van der Waals surface area contributed by atoms with Crippen molar-refractivity contribution in [3.8, 4) is 0 Å². The lowest BCUT2D eigenvalue weighted by molar-refractivity contribution is -0.117. The number of hydrogen-bond acceptors (Lipinski definition) is 4. The number of carbonyl (C=O) groups is 1. The summed E-state index contributed by atoms with van der Waals surface area (Å²) in [5, 5.41) is 0. The third-order valence-corrected chi connectivity index (χ3v) is 3.76. The smallest absolute Gasteiger partial charge is 0.129 e. The lowest BCUT2D eigenvalue weighted by atomic mass is 9.88. The molecule has 2 aliphatic rings. The molecular formula is C13H23NO3. The quantitative estimate of drug-likeness (QED) is 0.676. The predicted molar refractivity (Wildman–Crippen MR) is 65.0 cm³/mol. The third-order valence-electron chi connectivity index (χ3n) is 3.76. The van der Waals surface area contributed by atoms with E-state index in [2.05, 4.69) is 11.9 Å². The highest BCUT2D eigenvalue weighted by Gasteiger charge is 2.36. The van der Waals surface area contributed by atoms with E-state index in [9.17, 15) is 4.79 Å². The van der Waals surface area contributed by atoms with E-state index in [4.69, 9.17) is 9.47 Å². The second kappa shape index (κ2) is 5.94. The Balaban J connectivity index is 1.79. The summed E-state index contributed by atoms with van der Waals surface area (Å²) in [5.74, 6) is 0. The van der Waals surface area contributed by atoms with Crippen LogP contribution in [0.25, 0.3) is 0 Å². The lowest BCUT2D eigenvalue weighted by Crippen LogP contribution is -2.41. The molecule has 0 amide bonds. The van der Waals surface area contributed by atoms with Crippen molar-refractivity contribution in [1.82, 2.24) is 4.90 Å². The first kappa shape index (κ1) is 13.0. The van der Waals surface area contributed by atoms with Gasteiger partial charge in [0.2, 0.25) is 0 Å². The zero-order valence-electron chi connectivity index (χ0n) is 10.7. The molecule has 2 saturated heterocycles. The fourth-order valence-electron chi connectivity index (χ4n) is 2.78. The van der Waals surface area contributed by atoms with Crippen molar-refractivity contribution >= 4 is 6.29 Å². The average molecular weight is 241 g/mol. The van der Waals surface area contributed by atoms with Crippen LogP contribution in [0.15, 0.2) is 0 Å². The first-order valence-electron chi connectivity index (χ1n) is 6.58. The van der Waals surface area contributed by atoms with E-state index in [-0.39, 0.29) is 5.41 Å². The molecule has 2 heterocycles. The van der Waals surface area contributed by atoms with Crippen molar-refractivity contribution in [3.63, 3.8) is 0 Å². The van der Waals surface area contributed by atoms with Gasteiger partial charge in [0.15, 0.2) is 0 Å². The van der Waals surface area contributed by atoms with Gasteiger partial charge in [-0.05, 0) is 32.7 Å². The Bertz CT molecular complexity index is 245. The van der Waals surface area contributed by atoms with Crippen LogP contribution >= 0.6 is 0 Å². The number of aldehydes is 1. The molecule has 17 heavy (non-hydrogen) atoms. The molecule has 0 saturated carbocycles. The van der Waals surface area contributed by atoms with E-state index in [1.807, 2.05) is 0 Å². The molecule has 0 aromatic heterocycles. The van der Waals surface area contributed by atoms with Gasteiger partial charge in [0, 0.05) is 26.3 Å². The zero-order chi connectivity index (χ0) is 12.1. The van der Waals surface area contributed by atoms with Crippen LogP contribution in [0.1, 0.15) is 25.7 Å². The molecule has 2 atom stereocenters. The summed E-state index contributed by atoms with van der Waals surface area (Å²) in [6.07, 6.45) is 5.88. The van der Waals surface area contributed by atoms with Crippen molar-refractivity contribution in [3.05, 3.63) is 0 Å². The maximum atomic E-state index is 11.2. The zero-order valence-corrected chi connectivity index (χ0v) is 10.7. The normalized spacial score (nSPS) is 34.1. The van der Waals surface area contributed by atoms with Crippen LogP contribution in [0.4, 0.5) is 0 Å². The number of hydrogen-bond donors (Lipinski definition) is 0. The summed E-state index contributed by atoms with van der Waals surface area (Å²) >= 11 is 0. The first-order chi connectivity index (χ1) is 8.24. The molecule has 2 fully saturated rings. The lowest BCUT2D eigenvalue weighted by Gasteiger charge is -2.31. The molecule has 98 valence electrons. The van der Waals surface area contributed by atoms with Crippen LogP contribution in [0.5, 0.6) is 0 Å². The van der Waals surface area contributed by atoms with E-state index in [1.54, 1.807) is 0 Å². The van der Waals surface area contributed by atoms with E-state index in [1.165, 1.54) is 12.8 Å². The SMILES string of the molecule is CN(CC1CCCCO1)CC1(C=O)CCOC1. The van der Waals surface area contributed by atoms with Crippen LogP contribution in [0, 0.1) is 5.41 Å². The number of nitrogens with zero attached hydrogens (tertiary/aromatic N) is 1. The summed E-state index contributed by atoms with van der Waals surface area (Å²) in [6, 6.07) is 0. The number of rotatable bonds is 5. The topological polar surface area (TPSA) is 38.8 Å². The first-order valence-corrected chi connectivity index (χ1v) is 6.58. The molecule has 4 heteroatoms. The van der Waals surface area contributed by atoms with Crippen LogP contribution in [0.3, 0.4) is 0 Å². The molecule has 0 N–H and O–H groups in total. The Labute approximate surface area is 103 Å². The van der Waals surface area contributed by atoms with Crippen molar-refractivity contribution in [1.29, 1.82) is 0 Å². The third kappa shape index (κ3) is 3.50. The summed E-state index contributed by atoms with van der Waals surface area (Å²) < 4.78 is 11.1. The van der Waals surface area contributed by atoms with E-state index in [0.29, 0.717) is 19.3 Å². The Hall–Kier alpha value is -0.450. The highest BCUT2D eigenvalue weighted by Crippen LogP contribution is 2.27. The summed E-state index contributed by atoms with van der Waals surface area (Å²) in [7, 11) is 2.07. The van der Waals surface area contributed by atoms with Gasteiger partial charge in [0.25, 0.3) is 0 Å². The minimum Gasteiger partial charge on any atom is -0.380 e. The minimum atomic E-state index is -0.274. The summed E-state index contributed by atoms with van der Waals surface area (Å²) in [4.78, 5) is 13.4. The second-order valence-corrected chi connectivity index (χ2v) is 5.47. The van der Waals surface area contributed by atoms with Gasteiger partial charge in [0.1, 0.15) is 6.29 Å². The van der Waals surface area contributed by atoms with Gasteiger partial charge in [-0.1, -0.05) is 0 Å². The van der Waals surface area contributed by atoms with E-state index in [0.717, 1.165) is 38.8 Å². The molecule has 0 aromatic rings. The standard InChI is InChI=1S/C13H23NO3/c1-14(8-12-4-2-3-6-17-12)9-13(10-15)5-7-16-11-13/h10,12H,2-9,11H2,1H3. The van der Waals surface area contributed by atoms with Crippen LogP contribution in [0.2, 0.25) is 0 Å². The molecule has 2 aliphatic heterocycles. The number of carbonyl (C=O) groups excluding carboxylic acids is 1. The number of likely N-dealkylation sites (N-methyl/N-ethyl adjacent to an activating group) is 1. The molecule has 4 nitrogen and oxygen atoms in total. The highest BCUT2D eigenvalue weighted by molar-refractivity contribution is 5.60. The van der Waals surface area contributed by atoms with Gasteiger partial charge < -0.3 is 19.2 Å². The Morgan fingerprint density at radius 2 is 2.29 bits per heavy atom. The molecule has 0 spiro atoms. The second-order valence-electron chi connectivity index (χ2n) is 5.47. The molecule has 2 rings (SSSR count). The van der Waals surface area contributed by atoms with Crippen molar-refractivity contribution in [2.45, 2.75) is 31.8 Å². The fourth-order valence-corrected chi connectivity index (χ4v) is 2.78. The molecule has 0 bridgehead atoms. The van der Waals surface area contributed by atoms with Crippen molar-refractivity contribution in [2.24, 2.45) is 5.41 Å². The molecule has 2 unspecified atom stereocenters. The summed E-state index contributed by atoms with van der Waals surface area (Å²) in [6.45, 7) is 3.89.